The van der Waals surface area contributed by atoms with E-state index < -0.39 is 0 Å². The summed E-state index contributed by atoms with van der Waals surface area (Å²) < 4.78 is 2.37. The Labute approximate surface area is 136 Å². The van der Waals surface area contributed by atoms with Crippen molar-refractivity contribution in [3.05, 3.63) is 50.3 Å². The number of carbonyl (C=O) groups is 1. The summed E-state index contributed by atoms with van der Waals surface area (Å²) in [4.78, 5) is 12.1. The molecule has 0 atom stereocenters. The van der Waals surface area contributed by atoms with Crippen LogP contribution in [0.3, 0.4) is 0 Å². The Balaban J connectivity index is 1.88. The van der Waals surface area contributed by atoms with Crippen molar-refractivity contribution in [2.24, 2.45) is 0 Å². The molecule has 6 nitrogen and oxygen atoms in total. The highest BCUT2D eigenvalue weighted by Gasteiger charge is 2.11. The highest BCUT2D eigenvalue weighted by atomic mass is 79.9. The van der Waals surface area contributed by atoms with Gasteiger partial charge in [-0.25, -0.2) is 4.68 Å². The molecular weight excluding hydrogens is 378 g/mol. The molecule has 0 spiro atoms. The van der Waals surface area contributed by atoms with Crippen molar-refractivity contribution in [2.45, 2.75) is 0 Å². The summed E-state index contributed by atoms with van der Waals surface area (Å²) >= 11 is 10.9. The summed E-state index contributed by atoms with van der Waals surface area (Å²) in [5.41, 5.74) is 1.76. The van der Waals surface area contributed by atoms with E-state index in [2.05, 4.69) is 36.8 Å². The maximum Gasteiger partial charge on any atom is 0.256 e. The van der Waals surface area contributed by atoms with Crippen LogP contribution < -0.4 is 5.32 Å². The lowest BCUT2D eigenvalue weighted by Crippen LogP contribution is -2.11. The van der Waals surface area contributed by atoms with Gasteiger partial charge in [0.1, 0.15) is 6.33 Å². The number of hydrogen-bond acceptors (Lipinski definition) is 5. The Morgan fingerprint density at radius 2 is 2.24 bits per heavy atom. The Morgan fingerprint density at radius 1 is 1.38 bits per heavy atom. The van der Waals surface area contributed by atoms with Gasteiger partial charge in [0.05, 0.1) is 25.7 Å². The molecule has 1 N–H and O–H groups in total. The lowest BCUT2D eigenvalue weighted by Gasteiger charge is -2.08. The molecule has 106 valence electrons. The number of thiophene rings is 1. The van der Waals surface area contributed by atoms with Crippen LogP contribution in [0.1, 0.15) is 10.4 Å². The first-order chi connectivity index (χ1) is 10.1. The zero-order chi connectivity index (χ0) is 14.8. The smallest absolute Gasteiger partial charge is 0.256 e. The molecule has 0 aliphatic carbocycles. The number of rotatable bonds is 3. The molecule has 2 heterocycles. The molecule has 0 radical (unpaired) electrons. The van der Waals surface area contributed by atoms with Gasteiger partial charge < -0.3 is 5.32 Å². The van der Waals surface area contributed by atoms with Crippen LogP contribution >= 0.6 is 38.9 Å². The quantitative estimate of drug-likeness (QED) is 0.751. The molecule has 0 saturated carbocycles. The predicted octanol–water partition coefficient (Wildman–Crippen LogP) is 3.39. The minimum absolute atomic E-state index is 0.229. The molecule has 0 aliphatic heterocycles. The average molecular weight is 385 g/mol. The van der Waals surface area contributed by atoms with Crippen LogP contribution in [0, 0.1) is 0 Å². The fraction of sp³-hybridized carbons (Fsp3) is 0. The van der Waals surface area contributed by atoms with Gasteiger partial charge in [-0.3, -0.25) is 4.79 Å². The number of aromatic nitrogens is 4. The molecule has 0 bridgehead atoms. The van der Waals surface area contributed by atoms with Crippen molar-refractivity contribution < 1.29 is 4.79 Å². The molecule has 0 aliphatic rings. The Hall–Kier alpha value is -1.77. The topological polar surface area (TPSA) is 72.7 Å². The van der Waals surface area contributed by atoms with Crippen molar-refractivity contribution in [3.8, 4) is 5.69 Å². The number of amides is 1. The molecule has 0 unspecified atom stereocenters. The molecule has 0 saturated heterocycles. The van der Waals surface area contributed by atoms with Crippen molar-refractivity contribution in [2.75, 3.05) is 5.32 Å². The maximum atomic E-state index is 12.1. The van der Waals surface area contributed by atoms with Gasteiger partial charge in [0.25, 0.3) is 5.91 Å². The molecule has 1 aromatic carbocycles. The largest absolute Gasteiger partial charge is 0.321 e. The average Bonchev–Trinajstić information content (AvgIpc) is 3.12. The Kier molecular flexibility index (Phi) is 4.00. The van der Waals surface area contributed by atoms with Crippen LogP contribution in [-0.4, -0.2) is 26.1 Å². The van der Waals surface area contributed by atoms with Gasteiger partial charge in [-0.1, -0.05) is 11.6 Å². The lowest BCUT2D eigenvalue weighted by atomic mass is 10.2. The minimum Gasteiger partial charge on any atom is -0.321 e. The van der Waals surface area contributed by atoms with E-state index in [0.29, 0.717) is 22.0 Å². The van der Waals surface area contributed by atoms with Crippen LogP contribution in [-0.2, 0) is 0 Å². The lowest BCUT2D eigenvalue weighted by molar-refractivity contribution is 0.102. The highest BCUT2D eigenvalue weighted by molar-refractivity contribution is 9.11. The summed E-state index contributed by atoms with van der Waals surface area (Å²) in [7, 11) is 0. The van der Waals surface area contributed by atoms with Crippen LogP contribution in [0.15, 0.2) is 39.8 Å². The molecule has 3 aromatic rings. The van der Waals surface area contributed by atoms with E-state index in [9.17, 15) is 4.79 Å². The summed E-state index contributed by atoms with van der Waals surface area (Å²) in [5.74, 6) is -0.229. The van der Waals surface area contributed by atoms with E-state index in [4.69, 9.17) is 11.6 Å². The third-order valence-corrected chi connectivity index (χ3v) is 4.48. The third kappa shape index (κ3) is 3.12. The first-order valence-corrected chi connectivity index (χ1v) is 7.77. The van der Waals surface area contributed by atoms with E-state index in [1.165, 1.54) is 22.3 Å². The highest BCUT2D eigenvalue weighted by Crippen LogP contribution is 2.26. The zero-order valence-electron chi connectivity index (χ0n) is 10.3. The second kappa shape index (κ2) is 5.92. The normalized spacial score (nSPS) is 10.6. The fourth-order valence-corrected chi connectivity index (χ4v) is 2.96. The van der Waals surface area contributed by atoms with E-state index in [-0.39, 0.29) is 5.91 Å². The van der Waals surface area contributed by atoms with Crippen LogP contribution in [0.4, 0.5) is 5.69 Å². The van der Waals surface area contributed by atoms with Crippen LogP contribution in [0.5, 0.6) is 0 Å². The van der Waals surface area contributed by atoms with Crippen molar-refractivity contribution >= 4 is 50.5 Å². The predicted molar refractivity (Wildman–Crippen MR) is 84.1 cm³/mol. The molecule has 1 amide bonds. The molecule has 21 heavy (non-hydrogen) atoms. The SMILES string of the molecule is O=C(Nc1cc(-n2cnnn2)ccc1Cl)c1csc(Br)c1. The Morgan fingerprint density at radius 3 is 2.90 bits per heavy atom. The van der Waals surface area contributed by atoms with Crippen molar-refractivity contribution in [3.63, 3.8) is 0 Å². The van der Waals surface area contributed by atoms with Crippen molar-refractivity contribution in [1.82, 2.24) is 20.2 Å². The Bertz CT molecular complexity index is 789. The number of nitrogens with one attached hydrogen (secondary N) is 1. The van der Waals surface area contributed by atoms with E-state index in [0.717, 1.165) is 3.79 Å². The molecule has 3 rings (SSSR count). The standard InChI is InChI=1S/C12H7BrClN5OS/c13-11-3-7(5-21-11)12(20)16-10-4-8(1-2-9(10)14)19-6-15-17-18-19/h1-6H,(H,16,20). The van der Waals surface area contributed by atoms with Gasteiger partial charge in [0, 0.05) is 5.38 Å². The number of nitrogens with zero attached hydrogens (tertiary/aromatic N) is 4. The van der Waals surface area contributed by atoms with Gasteiger partial charge in [0.2, 0.25) is 0 Å². The summed E-state index contributed by atoms with van der Waals surface area (Å²) in [5, 5.41) is 15.9. The monoisotopic (exact) mass is 383 g/mol. The molecule has 9 heteroatoms. The number of halogens is 2. The first kappa shape index (κ1) is 14.2. The number of benzene rings is 1. The summed E-state index contributed by atoms with van der Waals surface area (Å²) in [6.45, 7) is 0. The number of carbonyl (C=O) groups excluding carboxylic acids is 1. The van der Waals surface area contributed by atoms with E-state index in [1.807, 2.05) is 0 Å². The molecular formula is C12H7BrClN5OS. The van der Waals surface area contributed by atoms with Crippen molar-refractivity contribution in [1.29, 1.82) is 0 Å². The van der Waals surface area contributed by atoms with E-state index in [1.54, 1.807) is 29.6 Å². The summed E-state index contributed by atoms with van der Waals surface area (Å²) in [6.07, 6.45) is 1.46. The van der Waals surface area contributed by atoms with Gasteiger partial charge in [-0.2, -0.15) is 0 Å². The first-order valence-electron chi connectivity index (χ1n) is 5.72. The second-order valence-corrected chi connectivity index (χ2v) is 6.71. The number of tetrazole rings is 1. The number of hydrogen-bond donors (Lipinski definition) is 1. The zero-order valence-corrected chi connectivity index (χ0v) is 13.5. The van der Waals surface area contributed by atoms with E-state index >= 15 is 0 Å². The molecule has 0 fully saturated rings. The number of anilines is 1. The van der Waals surface area contributed by atoms with Gasteiger partial charge >= 0.3 is 0 Å². The van der Waals surface area contributed by atoms with Crippen LogP contribution in [0.25, 0.3) is 5.69 Å². The summed E-state index contributed by atoms with van der Waals surface area (Å²) in [6, 6.07) is 6.89. The fourth-order valence-electron chi connectivity index (χ4n) is 1.65. The van der Waals surface area contributed by atoms with Gasteiger partial charge in [-0.05, 0) is 50.6 Å². The van der Waals surface area contributed by atoms with Crippen LogP contribution in [0.2, 0.25) is 5.02 Å². The van der Waals surface area contributed by atoms with Gasteiger partial charge in [0.15, 0.2) is 0 Å². The third-order valence-electron chi connectivity index (χ3n) is 2.64. The molecule has 2 aromatic heterocycles. The van der Waals surface area contributed by atoms with Gasteiger partial charge in [-0.15, -0.1) is 16.4 Å². The second-order valence-electron chi connectivity index (χ2n) is 4.01. The minimum atomic E-state index is -0.229. The maximum absolute atomic E-state index is 12.1.